The van der Waals surface area contributed by atoms with Gasteiger partial charge in [0.2, 0.25) is 5.91 Å². The molecule has 0 aliphatic rings. The molecule has 3 aromatic rings. The molecule has 0 radical (unpaired) electrons. The first-order valence-corrected chi connectivity index (χ1v) is 9.60. The number of anilines is 1. The summed E-state index contributed by atoms with van der Waals surface area (Å²) < 4.78 is 6.69. The summed E-state index contributed by atoms with van der Waals surface area (Å²) in [5.41, 5.74) is 2.86. The molecule has 0 saturated carbocycles. The lowest BCUT2D eigenvalue weighted by Crippen LogP contribution is -2.31. The van der Waals surface area contributed by atoms with Crippen molar-refractivity contribution in [3.8, 4) is 5.75 Å². The highest BCUT2D eigenvalue weighted by Crippen LogP contribution is 2.24. The van der Waals surface area contributed by atoms with Crippen LogP contribution < -0.4 is 15.6 Å². The Bertz CT molecular complexity index is 1050. The molecule has 0 fully saturated rings. The lowest BCUT2D eigenvalue weighted by Gasteiger charge is -2.19. The van der Waals surface area contributed by atoms with Gasteiger partial charge in [0, 0.05) is 17.3 Å². The second-order valence-electron chi connectivity index (χ2n) is 6.80. The average molecular weight is 378 g/mol. The molecule has 1 amide bonds. The van der Waals surface area contributed by atoms with Gasteiger partial charge in [-0.15, -0.1) is 0 Å². The maximum absolute atomic E-state index is 12.9. The lowest BCUT2D eigenvalue weighted by molar-refractivity contribution is -0.118. The van der Waals surface area contributed by atoms with E-state index in [1.807, 2.05) is 30.3 Å². The Morgan fingerprint density at radius 2 is 1.79 bits per heavy atom. The van der Waals surface area contributed by atoms with E-state index in [2.05, 4.69) is 19.2 Å². The molecule has 0 aliphatic heterocycles. The topological polar surface area (TPSA) is 60.3 Å². The predicted octanol–water partition coefficient (Wildman–Crippen LogP) is 4.33. The number of benzene rings is 2. The van der Waals surface area contributed by atoms with Crippen LogP contribution in [-0.2, 0) is 17.6 Å². The van der Waals surface area contributed by atoms with Crippen molar-refractivity contribution in [2.24, 2.45) is 0 Å². The van der Waals surface area contributed by atoms with Gasteiger partial charge in [-0.3, -0.25) is 9.59 Å². The van der Waals surface area contributed by atoms with Crippen molar-refractivity contribution >= 4 is 22.4 Å². The molecule has 5 heteroatoms. The van der Waals surface area contributed by atoms with E-state index >= 15 is 0 Å². The number of para-hydroxylation sites is 1. The van der Waals surface area contributed by atoms with Crippen LogP contribution in [0.25, 0.3) is 10.8 Å². The number of nitrogens with zero attached hydrogens (tertiary/aromatic N) is 1. The Morgan fingerprint density at radius 1 is 1.11 bits per heavy atom. The largest absolute Gasteiger partial charge is 0.497 e. The van der Waals surface area contributed by atoms with Gasteiger partial charge in [-0.1, -0.05) is 32.0 Å². The van der Waals surface area contributed by atoms with Gasteiger partial charge < -0.3 is 14.6 Å². The second kappa shape index (κ2) is 8.30. The first-order chi connectivity index (χ1) is 13.5. The zero-order chi connectivity index (χ0) is 20.3. The number of fused-ring (bicyclic) bond motifs is 1. The Hall–Kier alpha value is -3.08. The van der Waals surface area contributed by atoms with E-state index in [1.165, 1.54) is 4.57 Å². The summed E-state index contributed by atoms with van der Waals surface area (Å²) in [6.07, 6.45) is 3.33. The molecule has 2 aromatic carbocycles. The van der Waals surface area contributed by atoms with Crippen molar-refractivity contribution in [1.29, 1.82) is 0 Å². The average Bonchev–Trinajstić information content (AvgIpc) is 2.73. The third kappa shape index (κ3) is 3.65. The molecule has 5 nitrogen and oxygen atoms in total. The molecule has 1 unspecified atom stereocenters. The summed E-state index contributed by atoms with van der Waals surface area (Å²) in [5, 5.41) is 4.40. The third-order valence-electron chi connectivity index (χ3n) is 5.18. The first-order valence-electron chi connectivity index (χ1n) is 9.60. The molecule has 146 valence electrons. The number of hydrogen-bond acceptors (Lipinski definition) is 3. The monoisotopic (exact) mass is 378 g/mol. The summed E-state index contributed by atoms with van der Waals surface area (Å²) >= 11 is 0. The van der Waals surface area contributed by atoms with Gasteiger partial charge >= 0.3 is 0 Å². The number of aryl methyl sites for hydroxylation is 2. The van der Waals surface area contributed by atoms with E-state index in [0.717, 1.165) is 35.0 Å². The van der Waals surface area contributed by atoms with Gasteiger partial charge in [0.15, 0.2) is 0 Å². The van der Waals surface area contributed by atoms with Crippen LogP contribution >= 0.6 is 0 Å². The summed E-state index contributed by atoms with van der Waals surface area (Å²) in [6, 6.07) is 12.6. The standard InChI is InChI=1S/C23H26N2O3/c1-5-16-8-7-9-17(6-2)21(16)24-22(26)15(3)25-13-12-18-14-19(28-4)10-11-20(18)23(25)27/h7-15H,5-6H2,1-4H3,(H,24,26). The summed E-state index contributed by atoms with van der Waals surface area (Å²) in [5.74, 6) is 0.490. The fraction of sp³-hybridized carbons (Fsp3) is 0.304. The number of rotatable bonds is 6. The minimum absolute atomic E-state index is 0.192. The maximum atomic E-state index is 12.9. The highest BCUT2D eigenvalue weighted by molar-refractivity contribution is 5.95. The molecule has 0 bridgehead atoms. The predicted molar refractivity (Wildman–Crippen MR) is 113 cm³/mol. The Kier molecular flexibility index (Phi) is 5.83. The number of carbonyl (C=O) groups is 1. The Balaban J connectivity index is 1.94. The molecule has 1 heterocycles. The van der Waals surface area contributed by atoms with Crippen molar-refractivity contribution in [2.75, 3.05) is 12.4 Å². The number of nitrogens with one attached hydrogen (secondary N) is 1. The van der Waals surface area contributed by atoms with Crippen molar-refractivity contribution in [1.82, 2.24) is 4.57 Å². The molecule has 28 heavy (non-hydrogen) atoms. The first kappa shape index (κ1) is 19.7. The molecule has 1 N–H and O–H groups in total. The van der Waals surface area contributed by atoms with E-state index in [1.54, 1.807) is 32.4 Å². The smallest absolute Gasteiger partial charge is 0.259 e. The number of ether oxygens (including phenoxy) is 1. The van der Waals surface area contributed by atoms with Crippen LogP contribution in [0.3, 0.4) is 0 Å². The number of aromatic nitrogens is 1. The third-order valence-corrected chi connectivity index (χ3v) is 5.18. The number of carbonyl (C=O) groups excluding carboxylic acids is 1. The quantitative estimate of drug-likeness (QED) is 0.694. The maximum Gasteiger partial charge on any atom is 0.259 e. The molecule has 1 aromatic heterocycles. The minimum atomic E-state index is -0.631. The SMILES string of the molecule is CCc1cccc(CC)c1NC(=O)C(C)n1ccc2cc(OC)ccc2c1=O. The van der Waals surface area contributed by atoms with Crippen LogP contribution in [0.15, 0.2) is 53.5 Å². The molecule has 3 rings (SSSR count). The fourth-order valence-electron chi connectivity index (χ4n) is 3.43. The van der Waals surface area contributed by atoms with Gasteiger partial charge in [-0.25, -0.2) is 0 Å². The number of hydrogen-bond donors (Lipinski definition) is 1. The molecule has 0 saturated heterocycles. The molecular formula is C23H26N2O3. The van der Waals surface area contributed by atoms with Crippen LogP contribution in [-0.4, -0.2) is 17.6 Å². The van der Waals surface area contributed by atoms with Crippen molar-refractivity contribution < 1.29 is 9.53 Å². The number of methoxy groups -OCH3 is 1. The lowest BCUT2D eigenvalue weighted by atomic mass is 10.0. The van der Waals surface area contributed by atoms with Crippen molar-refractivity contribution in [2.45, 2.75) is 39.7 Å². The minimum Gasteiger partial charge on any atom is -0.497 e. The van der Waals surface area contributed by atoms with Crippen LogP contribution in [0, 0.1) is 0 Å². The second-order valence-corrected chi connectivity index (χ2v) is 6.80. The van der Waals surface area contributed by atoms with Gasteiger partial charge in [-0.05, 0) is 60.5 Å². The van der Waals surface area contributed by atoms with Crippen LogP contribution in [0.2, 0.25) is 0 Å². The molecule has 1 atom stereocenters. The van der Waals surface area contributed by atoms with E-state index in [9.17, 15) is 9.59 Å². The zero-order valence-corrected chi connectivity index (χ0v) is 16.8. The highest BCUT2D eigenvalue weighted by atomic mass is 16.5. The van der Waals surface area contributed by atoms with Crippen LogP contribution in [0.4, 0.5) is 5.69 Å². The van der Waals surface area contributed by atoms with Gasteiger partial charge in [0.1, 0.15) is 11.8 Å². The van der Waals surface area contributed by atoms with Crippen LogP contribution in [0.1, 0.15) is 37.9 Å². The van der Waals surface area contributed by atoms with E-state index in [4.69, 9.17) is 4.74 Å². The highest BCUT2D eigenvalue weighted by Gasteiger charge is 2.19. The van der Waals surface area contributed by atoms with Crippen molar-refractivity contribution in [3.63, 3.8) is 0 Å². The van der Waals surface area contributed by atoms with E-state index in [-0.39, 0.29) is 11.5 Å². The summed E-state index contributed by atoms with van der Waals surface area (Å²) in [6.45, 7) is 5.87. The van der Waals surface area contributed by atoms with E-state index < -0.39 is 6.04 Å². The van der Waals surface area contributed by atoms with Gasteiger partial charge in [0.25, 0.3) is 5.56 Å². The van der Waals surface area contributed by atoms with E-state index in [0.29, 0.717) is 11.1 Å². The van der Waals surface area contributed by atoms with Crippen molar-refractivity contribution in [3.05, 3.63) is 70.1 Å². The number of amides is 1. The number of pyridine rings is 1. The van der Waals surface area contributed by atoms with Gasteiger partial charge in [0.05, 0.1) is 7.11 Å². The van der Waals surface area contributed by atoms with Gasteiger partial charge in [-0.2, -0.15) is 0 Å². The fourth-order valence-corrected chi connectivity index (χ4v) is 3.43. The van der Waals surface area contributed by atoms with Crippen LogP contribution in [0.5, 0.6) is 5.75 Å². The molecule has 0 aliphatic carbocycles. The Morgan fingerprint density at radius 3 is 2.39 bits per heavy atom. The molecule has 0 spiro atoms. The zero-order valence-electron chi connectivity index (χ0n) is 16.8. The normalized spacial score (nSPS) is 12.0. The summed E-state index contributed by atoms with van der Waals surface area (Å²) in [4.78, 5) is 25.9. The summed E-state index contributed by atoms with van der Waals surface area (Å²) in [7, 11) is 1.59. The molecular weight excluding hydrogens is 352 g/mol. The Labute approximate surface area is 165 Å².